The SMILES string of the molecule is C[C@@H]1CC[C@@H](C(N)=O)CN1C(=O)Cc1ccc2c(c1)OCCO2. The molecule has 6 nitrogen and oxygen atoms in total. The number of nitrogens with two attached hydrogens (primary N) is 1. The molecule has 6 heteroatoms. The number of rotatable bonds is 3. The highest BCUT2D eigenvalue weighted by Crippen LogP contribution is 2.31. The lowest BCUT2D eigenvalue weighted by atomic mass is 9.92. The summed E-state index contributed by atoms with van der Waals surface area (Å²) in [5, 5.41) is 0. The number of hydrogen-bond donors (Lipinski definition) is 1. The Hall–Kier alpha value is -2.24. The third-order valence-corrected chi connectivity index (χ3v) is 4.57. The van der Waals surface area contributed by atoms with Gasteiger partial charge in [0.2, 0.25) is 11.8 Å². The molecule has 2 heterocycles. The quantitative estimate of drug-likeness (QED) is 0.905. The molecule has 3 rings (SSSR count). The molecule has 1 aromatic carbocycles. The third kappa shape index (κ3) is 3.41. The van der Waals surface area contributed by atoms with Crippen LogP contribution in [0.1, 0.15) is 25.3 Å². The van der Waals surface area contributed by atoms with Gasteiger partial charge in [-0.1, -0.05) is 6.07 Å². The molecular weight excluding hydrogens is 296 g/mol. The molecule has 124 valence electrons. The fourth-order valence-corrected chi connectivity index (χ4v) is 3.16. The van der Waals surface area contributed by atoms with Crippen LogP contribution in [-0.2, 0) is 16.0 Å². The van der Waals surface area contributed by atoms with Crippen molar-refractivity contribution in [1.29, 1.82) is 0 Å². The van der Waals surface area contributed by atoms with Gasteiger partial charge in [-0.25, -0.2) is 0 Å². The molecule has 0 aromatic heterocycles. The zero-order chi connectivity index (χ0) is 16.4. The van der Waals surface area contributed by atoms with Crippen LogP contribution < -0.4 is 15.2 Å². The fourth-order valence-electron chi connectivity index (χ4n) is 3.16. The van der Waals surface area contributed by atoms with Gasteiger partial charge in [-0.05, 0) is 37.5 Å². The maximum absolute atomic E-state index is 12.6. The van der Waals surface area contributed by atoms with Gasteiger partial charge in [-0.3, -0.25) is 9.59 Å². The molecule has 0 spiro atoms. The molecule has 2 atom stereocenters. The highest BCUT2D eigenvalue weighted by atomic mass is 16.6. The second-order valence-corrected chi connectivity index (χ2v) is 6.23. The number of piperidine rings is 1. The number of benzene rings is 1. The van der Waals surface area contributed by atoms with Crippen molar-refractivity contribution in [2.24, 2.45) is 11.7 Å². The smallest absolute Gasteiger partial charge is 0.227 e. The van der Waals surface area contributed by atoms with Gasteiger partial charge >= 0.3 is 0 Å². The third-order valence-electron chi connectivity index (χ3n) is 4.57. The number of ether oxygens (including phenoxy) is 2. The van der Waals surface area contributed by atoms with E-state index >= 15 is 0 Å². The number of carbonyl (C=O) groups excluding carboxylic acids is 2. The predicted octanol–water partition coefficient (Wildman–Crippen LogP) is 1.11. The van der Waals surface area contributed by atoms with E-state index in [1.807, 2.05) is 25.1 Å². The van der Waals surface area contributed by atoms with E-state index in [4.69, 9.17) is 15.2 Å². The maximum atomic E-state index is 12.6. The minimum absolute atomic E-state index is 0.0140. The van der Waals surface area contributed by atoms with Crippen molar-refractivity contribution < 1.29 is 19.1 Å². The average Bonchev–Trinajstić information content (AvgIpc) is 2.54. The van der Waals surface area contributed by atoms with E-state index in [1.165, 1.54) is 0 Å². The van der Waals surface area contributed by atoms with Gasteiger partial charge in [-0.2, -0.15) is 0 Å². The summed E-state index contributed by atoms with van der Waals surface area (Å²) in [5.74, 6) is 0.848. The molecule has 2 N–H and O–H groups in total. The predicted molar refractivity (Wildman–Crippen MR) is 84.2 cm³/mol. The Morgan fingerprint density at radius 3 is 2.70 bits per heavy atom. The van der Waals surface area contributed by atoms with Gasteiger partial charge in [0.05, 0.1) is 12.3 Å². The van der Waals surface area contributed by atoms with Crippen molar-refractivity contribution >= 4 is 11.8 Å². The number of nitrogens with zero attached hydrogens (tertiary/aromatic N) is 1. The molecule has 1 aromatic rings. The topological polar surface area (TPSA) is 81.9 Å². The van der Waals surface area contributed by atoms with Gasteiger partial charge in [-0.15, -0.1) is 0 Å². The number of primary amides is 1. The molecule has 0 bridgehead atoms. The van der Waals surface area contributed by atoms with E-state index in [1.54, 1.807) is 4.90 Å². The first-order valence-electron chi connectivity index (χ1n) is 8.02. The number of carbonyl (C=O) groups is 2. The number of amides is 2. The number of hydrogen-bond acceptors (Lipinski definition) is 4. The van der Waals surface area contributed by atoms with Gasteiger partial charge in [0.25, 0.3) is 0 Å². The molecule has 23 heavy (non-hydrogen) atoms. The normalized spacial score (nSPS) is 23.4. The Morgan fingerprint density at radius 1 is 1.22 bits per heavy atom. The van der Waals surface area contributed by atoms with Gasteiger partial charge < -0.3 is 20.1 Å². The molecule has 0 unspecified atom stereocenters. The molecule has 0 aliphatic carbocycles. The summed E-state index contributed by atoms with van der Waals surface area (Å²) in [7, 11) is 0. The first-order chi connectivity index (χ1) is 11.0. The van der Waals surface area contributed by atoms with E-state index in [9.17, 15) is 9.59 Å². The zero-order valence-electron chi connectivity index (χ0n) is 13.3. The summed E-state index contributed by atoms with van der Waals surface area (Å²) in [5.41, 5.74) is 6.28. The highest BCUT2D eigenvalue weighted by molar-refractivity contribution is 5.82. The van der Waals surface area contributed by atoms with Crippen molar-refractivity contribution in [3.8, 4) is 11.5 Å². The Morgan fingerprint density at radius 2 is 1.96 bits per heavy atom. The van der Waals surface area contributed by atoms with E-state index in [0.29, 0.717) is 31.3 Å². The second kappa shape index (κ2) is 6.48. The highest BCUT2D eigenvalue weighted by Gasteiger charge is 2.31. The van der Waals surface area contributed by atoms with Crippen molar-refractivity contribution in [2.45, 2.75) is 32.2 Å². The maximum Gasteiger partial charge on any atom is 0.227 e. The van der Waals surface area contributed by atoms with Gasteiger partial charge in [0, 0.05) is 12.6 Å². The van der Waals surface area contributed by atoms with Crippen molar-refractivity contribution in [3.63, 3.8) is 0 Å². The summed E-state index contributed by atoms with van der Waals surface area (Å²) < 4.78 is 11.0. The summed E-state index contributed by atoms with van der Waals surface area (Å²) in [4.78, 5) is 25.8. The lowest BCUT2D eigenvalue weighted by molar-refractivity contribution is -0.136. The van der Waals surface area contributed by atoms with Crippen LogP contribution in [0.2, 0.25) is 0 Å². The van der Waals surface area contributed by atoms with Crippen LogP contribution in [0.15, 0.2) is 18.2 Å². The van der Waals surface area contributed by atoms with Crippen LogP contribution >= 0.6 is 0 Å². The average molecular weight is 318 g/mol. The van der Waals surface area contributed by atoms with Crippen LogP contribution in [0, 0.1) is 5.92 Å². The fraction of sp³-hybridized carbons (Fsp3) is 0.529. The molecule has 2 amide bonds. The molecular formula is C17H22N2O4. The van der Waals surface area contributed by atoms with Gasteiger partial charge in [0.1, 0.15) is 13.2 Å². The first-order valence-corrected chi connectivity index (χ1v) is 8.02. The van der Waals surface area contributed by atoms with E-state index in [2.05, 4.69) is 0 Å². The van der Waals surface area contributed by atoms with E-state index < -0.39 is 0 Å². The summed E-state index contributed by atoms with van der Waals surface area (Å²) in [6.07, 6.45) is 1.84. The molecule has 2 aliphatic rings. The monoisotopic (exact) mass is 318 g/mol. The Labute approximate surface area is 135 Å². The molecule has 1 saturated heterocycles. The molecule has 0 radical (unpaired) electrons. The van der Waals surface area contributed by atoms with Gasteiger partial charge in [0.15, 0.2) is 11.5 Å². The second-order valence-electron chi connectivity index (χ2n) is 6.23. The lowest BCUT2D eigenvalue weighted by Crippen LogP contribution is -2.49. The summed E-state index contributed by atoms with van der Waals surface area (Å²) >= 11 is 0. The summed E-state index contributed by atoms with van der Waals surface area (Å²) in [6.45, 7) is 3.50. The van der Waals surface area contributed by atoms with Crippen LogP contribution in [0.4, 0.5) is 0 Å². The van der Waals surface area contributed by atoms with E-state index in [-0.39, 0.29) is 30.2 Å². The van der Waals surface area contributed by atoms with Crippen LogP contribution in [-0.4, -0.2) is 42.5 Å². The zero-order valence-corrected chi connectivity index (χ0v) is 13.3. The van der Waals surface area contributed by atoms with Crippen molar-refractivity contribution in [3.05, 3.63) is 23.8 Å². The molecule has 2 aliphatic heterocycles. The van der Waals surface area contributed by atoms with Crippen molar-refractivity contribution in [2.75, 3.05) is 19.8 Å². The minimum Gasteiger partial charge on any atom is -0.486 e. The number of likely N-dealkylation sites (tertiary alicyclic amines) is 1. The standard InChI is InChI=1S/C17H22N2O4/c1-11-2-4-13(17(18)21)10-19(11)16(20)9-12-3-5-14-15(8-12)23-7-6-22-14/h3,5,8,11,13H,2,4,6-7,9-10H2,1H3,(H2,18,21)/t11-,13-/m1/s1. The van der Waals surface area contributed by atoms with Crippen LogP contribution in [0.3, 0.4) is 0 Å². The summed E-state index contributed by atoms with van der Waals surface area (Å²) in [6, 6.07) is 5.71. The first kappa shape index (κ1) is 15.6. The largest absolute Gasteiger partial charge is 0.486 e. The minimum atomic E-state index is -0.325. The van der Waals surface area contributed by atoms with Crippen LogP contribution in [0.5, 0.6) is 11.5 Å². The Bertz CT molecular complexity index is 617. The Kier molecular flexibility index (Phi) is 4.41. The van der Waals surface area contributed by atoms with E-state index in [0.717, 1.165) is 18.4 Å². The molecule has 1 fully saturated rings. The van der Waals surface area contributed by atoms with Crippen LogP contribution in [0.25, 0.3) is 0 Å². The van der Waals surface area contributed by atoms with Crippen molar-refractivity contribution in [1.82, 2.24) is 4.90 Å². The molecule has 0 saturated carbocycles. The Balaban J connectivity index is 1.69. The lowest BCUT2D eigenvalue weighted by Gasteiger charge is -2.37. The number of fused-ring (bicyclic) bond motifs is 1.